The van der Waals surface area contributed by atoms with Crippen LogP contribution in [0.4, 0.5) is 0 Å². The number of hydrogen-bond acceptors (Lipinski definition) is 3. The van der Waals surface area contributed by atoms with E-state index in [0.717, 1.165) is 15.8 Å². The van der Waals surface area contributed by atoms with Gasteiger partial charge in [-0.15, -0.1) is 0 Å². The predicted octanol–water partition coefficient (Wildman–Crippen LogP) is 4.68. The van der Waals surface area contributed by atoms with Crippen molar-refractivity contribution in [2.24, 2.45) is 4.99 Å². The molecule has 0 aliphatic rings. The van der Waals surface area contributed by atoms with E-state index in [-0.39, 0.29) is 5.91 Å². The van der Waals surface area contributed by atoms with Crippen molar-refractivity contribution < 1.29 is 9.53 Å². The zero-order valence-electron chi connectivity index (χ0n) is 16.2. The molecule has 146 valence electrons. The number of amides is 1. The maximum Gasteiger partial charge on any atom is 0.279 e. The van der Waals surface area contributed by atoms with E-state index in [0.29, 0.717) is 29.9 Å². The lowest BCUT2D eigenvalue weighted by molar-refractivity contribution is 0.0996. The standard InChI is InChI=1S/C24H22N2O2S/c1-28-16-15-26-21-13-7-8-14-22(21)29-24(26)25-23(27)20-12-6-5-11-19(20)17-18-9-3-2-4-10-18/h2-14H,15-17H2,1H3. The summed E-state index contributed by atoms with van der Waals surface area (Å²) in [4.78, 5) is 18.3. The van der Waals surface area contributed by atoms with Crippen LogP contribution in [0.2, 0.25) is 0 Å². The van der Waals surface area contributed by atoms with E-state index in [2.05, 4.69) is 27.8 Å². The van der Waals surface area contributed by atoms with Crippen molar-refractivity contribution in [1.82, 2.24) is 4.57 Å². The zero-order valence-corrected chi connectivity index (χ0v) is 17.1. The van der Waals surface area contributed by atoms with Crippen LogP contribution in [0, 0.1) is 0 Å². The molecule has 4 rings (SSSR count). The maximum atomic E-state index is 13.1. The van der Waals surface area contributed by atoms with Crippen molar-refractivity contribution in [3.63, 3.8) is 0 Å². The molecule has 0 saturated carbocycles. The Morgan fingerprint density at radius 3 is 2.52 bits per heavy atom. The predicted molar refractivity (Wildman–Crippen MR) is 117 cm³/mol. The molecule has 4 nitrogen and oxygen atoms in total. The van der Waals surface area contributed by atoms with Crippen molar-refractivity contribution in [1.29, 1.82) is 0 Å². The summed E-state index contributed by atoms with van der Waals surface area (Å²) in [5.41, 5.74) is 3.87. The monoisotopic (exact) mass is 402 g/mol. The van der Waals surface area contributed by atoms with Crippen LogP contribution in [-0.4, -0.2) is 24.2 Å². The van der Waals surface area contributed by atoms with Crippen LogP contribution in [0.3, 0.4) is 0 Å². The molecule has 0 N–H and O–H groups in total. The second kappa shape index (κ2) is 8.99. The largest absolute Gasteiger partial charge is 0.383 e. The molecule has 5 heteroatoms. The van der Waals surface area contributed by atoms with Crippen LogP contribution in [0.25, 0.3) is 10.2 Å². The van der Waals surface area contributed by atoms with Gasteiger partial charge < -0.3 is 9.30 Å². The van der Waals surface area contributed by atoms with Gasteiger partial charge in [-0.2, -0.15) is 4.99 Å². The minimum absolute atomic E-state index is 0.214. The van der Waals surface area contributed by atoms with Gasteiger partial charge in [-0.1, -0.05) is 72.0 Å². The van der Waals surface area contributed by atoms with E-state index < -0.39 is 0 Å². The van der Waals surface area contributed by atoms with Crippen molar-refractivity contribution in [3.8, 4) is 0 Å². The number of ether oxygens (including phenoxy) is 1. The Kier molecular flexibility index (Phi) is 5.98. The van der Waals surface area contributed by atoms with Crippen molar-refractivity contribution in [3.05, 3.63) is 100 Å². The highest BCUT2D eigenvalue weighted by Gasteiger charge is 2.12. The smallest absolute Gasteiger partial charge is 0.279 e. The molecule has 29 heavy (non-hydrogen) atoms. The summed E-state index contributed by atoms with van der Waals surface area (Å²) in [6, 6.07) is 26.0. The minimum Gasteiger partial charge on any atom is -0.383 e. The van der Waals surface area contributed by atoms with E-state index in [9.17, 15) is 4.79 Å². The Morgan fingerprint density at radius 2 is 1.69 bits per heavy atom. The summed E-state index contributed by atoms with van der Waals surface area (Å²) in [6.45, 7) is 1.21. The molecule has 1 aromatic heterocycles. The summed E-state index contributed by atoms with van der Waals surface area (Å²) >= 11 is 1.53. The van der Waals surface area contributed by atoms with Crippen LogP contribution >= 0.6 is 11.3 Å². The number of para-hydroxylation sites is 1. The number of aromatic nitrogens is 1. The van der Waals surface area contributed by atoms with Gasteiger partial charge in [-0.05, 0) is 35.7 Å². The molecule has 1 heterocycles. The van der Waals surface area contributed by atoms with Crippen LogP contribution in [0.15, 0.2) is 83.9 Å². The molecule has 1 amide bonds. The van der Waals surface area contributed by atoms with Gasteiger partial charge in [0, 0.05) is 19.2 Å². The number of thiazole rings is 1. The van der Waals surface area contributed by atoms with Gasteiger partial charge in [0.05, 0.1) is 16.8 Å². The average molecular weight is 403 g/mol. The lowest BCUT2D eigenvalue weighted by Crippen LogP contribution is -2.19. The van der Waals surface area contributed by atoms with E-state index in [1.54, 1.807) is 7.11 Å². The first-order valence-electron chi connectivity index (χ1n) is 9.54. The number of carbonyl (C=O) groups excluding carboxylic acids is 1. The third kappa shape index (κ3) is 4.36. The van der Waals surface area contributed by atoms with E-state index in [1.807, 2.05) is 60.7 Å². The molecule has 0 aliphatic heterocycles. The third-order valence-corrected chi connectivity index (χ3v) is 5.85. The Hall–Kier alpha value is -3.02. The summed E-state index contributed by atoms with van der Waals surface area (Å²) < 4.78 is 8.41. The molecule has 0 bridgehead atoms. The molecule has 0 fully saturated rings. The minimum atomic E-state index is -0.214. The Labute approximate surface area is 173 Å². The normalized spacial score (nSPS) is 11.8. The first kappa shape index (κ1) is 19.3. The summed E-state index contributed by atoms with van der Waals surface area (Å²) in [7, 11) is 1.68. The second-order valence-electron chi connectivity index (χ2n) is 6.73. The molecule has 0 saturated heterocycles. The van der Waals surface area contributed by atoms with E-state index in [1.165, 1.54) is 16.9 Å². The number of nitrogens with zero attached hydrogens (tertiary/aromatic N) is 2. The second-order valence-corrected chi connectivity index (χ2v) is 7.74. The Balaban J connectivity index is 1.74. The molecule has 3 aromatic carbocycles. The zero-order chi connectivity index (χ0) is 20.1. The van der Waals surface area contributed by atoms with Gasteiger partial charge in [0.15, 0.2) is 4.80 Å². The van der Waals surface area contributed by atoms with Gasteiger partial charge in [0.25, 0.3) is 5.91 Å². The van der Waals surface area contributed by atoms with Crippen LogP contribution in [0.1, 0.15) is 21.5 Å². The van der Waals surface area contributed by atoms with Crippen molar-refractivity contribution in [2.75, 3.05) is 13.7 Å². The van der Waals surface area contributed by atoms with Gasteiger partial charge in [0.1, 0.15) is 0 Å². The van der Waals surface area contributed by atoms with Gasteiger partial charge in [-0.25, -0.2) is 0 Å². The fourth-order valence-corrected chi connectivity index (χ4v) is 4.41. The molecule has 4 aromatic rings. The SMILES string of the molecule is COCCn1c(=NC(=O)c2ccccc2Cc2ccccc2)sc2ccccc21. The Bertz CT molecular complexity index is 1190. The molecule has 0 aliphatic carbocycles. The van der Waals surface area contributed by atoms with Crippen molar-refractivity contribution >= 4 is 27.5 Å². The number of fused-ring (bicyclic) bond motifs is 1. The third-order valence-electron chi connectivity index (χ3n) is 4.79. The summed E-state index contributed by atoms with van der Waals surface area (Å²) in [5, 5.41) is 0. The number of benzene rings is 3. The molecule has 0 atom stereocenters. The highest BCUT2D eigenvalue weighted by molar-refractivity contribution is 7.16. The molecule has 0 unspecified atom stereocenters. The number of rotatable bonds is 6. The fraction of sp³-hybridized carbons (Fsp3) is 0.167. The molecule has 0 spiro atoms. The first-order chi connectivity index (χ1) is 14.3. The van der Waals surface area contributed by atoms with E-state index in [4.69, 9.17) is 4.74 Å². The highest BCUT2D eigenvalue weighted by Crippen LogP contribution is 2.18. The van der Waals surface area contributed by atoms with Crippen LogP contribution < -0.4 is 4.80 Å². The molecular weight excluding hydrogens is 380 g/mol. The summed E-state index contributed by atoms with van der Waals surface area (Å²) in [6.07, 6.45) is 0.703. The average Bonchev–Trinajstić information content (AvgIpc) is 3.10. The van der Waals surface area contributed by atoms with Crippen LogP contribution in [0.5, 0.6) is 0 Å². The highest BCUT2D eigenvalue weighted by atomic mass is 32.1. The fourth-order valence-electron chi connectivity index (χ4n) is 3.35. The molecular formula is C24H22N2O2S. The molecule has 0 radical (unpaired) electrons. The number of hydrogen-bond donors (Lipinski definition) is 0. The van der Waals surface area contributed by atoms with Crippen molar-refractivity contribution in [2.45, 2.75) is 13.0 Å². The lowest BCUT2D eigenvalue weighted by atomic mass is 9.99. The topological polar surface area (TPSA) is 43.6 Å². The maximum absolute atomic E-state index is 13.1. The lowest BCUT2D eigenvalue weighted by Gasteiger charge is -2.07. The Morgan fingerprint density at radius 1 is 0.966 bits per heavy atom. The number of carbonyl (C=O) groups is 1. The van der Waals surface area contributed by atoms with Gasteiger partial charge in [0.2, 0.25) is 0 Å². The first-order valence-corrected chi connectivity index (χ1v) is 10.4. The van der Waals surface area contributed by atoms with Gasteiger partial charge in [-0.3, -0.25) is 4.79 Å². The quantitative estimate of drug-likeness (QED) is 0.470. The van der Waals surface area contributed by atoms with Crippen LogP contribution in [-0.2, 0) is 17.7 Å². The van der Waals surface area contributed by atoms with E-state index >= 15 is 0 Å². The van der Waals surface area contributed by atoms with Gasteiger partial charge >= 0.3 is 0 Å². The summed E-state index contributed by atoms with van der Waals surface area (Å²) in [5.74, 6) is -0.214. The number of methoxy groups -OCH3 is 1.